The normalized spacial score (nSPS) is 15.9. The van der Waals surface area contributed by atoms with Crippen molar-refractivity contribution < 1.29 is 13.5 Å². The van der Waals surface area contributed by atoms with Crippen LogP contribution in [0.5, 0.6) is 0 Å². The van der Waals surface area contributed by atoms with Crippen molar-refractivity contribution in [2.75, 3.05) is 24.5 Å². The van der Waals surface area contributed by atoms with Gasteiger partial charge in [0.1, 0.15) is 17.5 Å². The van der Waals surface area contributed by atoms with Crippen molar-refractivity contribution in [3.8, 4) is 16.9 Å². The number of nitrogens with one attached hydrogen (secondary N) is 1. The fraction of sp³-hybridized carbons (Fsp3) is 0.393. The average Bonchev–Trinajstić information content (AvgIpc) is 2.90. The van der Waals surface area contributed by atoms with Gasteiger partial charge < -0.3 is 15.4 Å². The molecule has 4 aromatic rings. The van der Waals surface area contributed by atoms with Gasteiger partial charge in [-0.2, -0.15) is 4.98 Å². The third-order valence-corrected chi connectivity index (χ3v) is 7.46. The zero-order chi connectivity index (χ0) is 28.9. The molecule has 9 nitrogen and oxygen atoms in total. The molecule has 0 bridgehead atoms. The number of hydrogen-bond donors (Lipinski definition) is 1. The van der Waals surface area contributed by atoms with Crippen molar-refractivity contribution >= 4 is 28.5 Å². The van der Waals surface area contributed by atoms with Gasteiger partial charge in [-0.15, -0.1) is 4.57 Å². The van der Waals surface area contributed by atoms with Gasteiger partial charge >= 0.3 is 11.3 Å². The molecule has 1 aromatic carbocycles. The molecule has 1 N–H and O–H groups in total. The minimum absolute atomic E-state index is 0.0962. The number of hydrogen-bond acceptors (Lipinski definition) is 7. The summed E-state index contributed by atoms with van der Waals surface area (Å²) in [6, 6.07) is 4.86. The summed E-state index contributed by atoms with van der Waals surface area (Å²) in [5, 5.41) is 17.5. The van der Waals surface area contributed by atoms with E-state index in [4.69, 9.17) is 11.6 Å². The van der Waals surface area contributed by atoms with Crippen molar-refractivity contribution in [3.05, 3.63) is 74.3 Å². The van der Waals surface area contributed by atoms with Gasteiger partial charge in [-0.05, 0) is 37.0 Å². The molecule has 0 aliphatic carbocycles. The van der Waals surface area contributed by atoms with Crippen LogP contribution < -0.4 is 20.6 Å². The first kappa shape index (κ1) is 27.9. The van der Waals surface area contributed by atoms with Crippen LogP contribution in [0.4, 0.5) is 14.6 Å². The topological polar surface area (TPSA) is 103 Å². The molecule has 0 unspecified atom stereocenters. The van der Waals surface area contributed by atoms with E-state index in [0.717, 1.165) is 16.7 Å². The Bertz CT molecular complexity index is 1630. The molecule has 0 saturated carbocycles. The highest BCUT2D eigenvalue weighted by Crippen LogP contribution is 2.35. The average molecular weight is 570 g/mol. The maximum absolute atomic E-state index is 15.9. The predicted octanol–water partition coefficient (Wildman–Crippen LogP) is 4.45. The van der Waals surface area contributed by atoms with Gasteiger partial charge in [-0.1, -0.05) is 45.4 Å². The van der Waals surface area contributed by atoms with Crippen molar-refractivity contribution in [2.24, 2.45) is 0 Å². The third-order valence-electron chi connectivity index (χ3n) is 7.15. The molecule has 0 amide bonds. The summed E-state index contributed by atoms with van der Waals surface area (Å²) >= 11 is 6.28. The molecule has 3 aromatic heterocycles. The fourth-order valence-corrected chi connectivity index (χ4v) is 5.49. The Labute approximate surface area is 235 Å². The summed E-state index contributed by atoms with van der Waals surface area (Å²) in [7, 11) is 0. The molecular formula is C28H30ClF2N7O2. The van der Waals surface area contributed by atoms with Crippen LogP contribution in [0.25, 0.3) is 28.0 Å². The highest BCUT2D eigenvalue weighted by molar-refractivity contribution is 6.33. The Balaban J connectivity index is 2.00. The molecule has 1 saturated heterocycles. The molecule has 0 radical (unpaired) electrons. The van der Waals surface area contributed by atoms with E-state index in [1.165, 1.54) is 18.5 Å². The number of piperazine rings is 1. The van der Waals surface area contributed by atoms with E-state index in [2.05, 4.69) is 20.3 Å². The van der Waals surface area contributed by atoms with E-state index in [9.17, 15) is 10.0 Å². The van der Waals surface area contributed by atoms with Crippen molar-refractivity contribution in [3.63, 3.8) is 0 Å². The molecule has 210 valence electrons. The van der Waals surface area contributed by atoms with Crippen molar-refractivity contribution in [1.29, 1.82) is 0 Å². The van der Waals surface area contributed by atoms with Crippen molar-refractivity contribution in [1.82, 2.24) is 24.8 Å². The SMILES string of the molecule is CC(C)c1ncnc(C(C)C)c1-n1c(=O)nc(N2CCNC[C@@H]2C)c2cc(F)c(-c3c(F)cccc3Cl)[n+]([O-])c21. The van der Waals surface area contributed by atoms with Crippen molar-refractivity contribution in [2.45, 2.75) is 52.5 Å². The molecule has 12 heteroatoms. The number of nitrogens with zero attached hydrogens (tertiary/aromatic N) is 6. The van der Waals surface area contributed by atoms with Gasteiger partial charge in [0, 0.05) is 25.7 Å². The maximum atomic E-state index is 15.9. The minimum atomic E-state index is -0.997. The second-order valence-electron chi connectivity index (χ2n) is 10.6. The van der Waals surface area contributed by atoms with Gasteiger partial charge in [0.05, 0.1) is 22.0 Å². The largest absolute Gasteiger partial charge is 0.710 e. The standard InChI is InChI=1S/C28H30ClF2N7O2/c1-14(2)22-25(23(15(3)4)34-13-33-22)37-27-17(26(35-28(37)39)36-10-9-32-12-16(36)5)11-20(31)24(38(27)40)21-18(29)7-6-8-19(21)30/h6-8,11,13-16,32H,9-10,12H2,1-5H3/t16-/m0/s1. The Kier molecular flexibility index (Phi) is 7.45. The Hall–Kier alpha value is -3.70. The number of pyridine rings is 1. The summed E-state index contributed by atoms with van der Waals surface area (Å²) in [5.74, 6) is -2.02. The van der Waals surface area contributed by atoms with E-state index in [1.807, 2.05) is 39.5 Å². The van der Waals surface area contributed by atoms with Crippen LogP contribution in [0, 0.1) is 16.8 Å². The highest BCUT2D eigenvalue weighted by Gasteiger charge is 2.34. The van der Waals surface area contributed by atoms with E-state index < -0.39 is 28.6 Å². The number of aromatic nitrogens is 5. The Morgan fingerprint density at radius 3 is 2.40 bits per heavy atom. The van der Waals surface area contributed by atoms with Crippen LogP contribution in [-0.4, -0.2) is 45.2 Å². The van der Waals surface area contributed by atoms with Crippen LogP contribution in [0.3, 0.4) is 0 Å². The van der Waals surface area contributed by atoms with E-state index in [1.54, 1.807) is 0 Å². The monoisotopic (exact) mass is 569 g/mol. The van der Waals surface area contributed by atoms with Gasteiger partial charge in [0.15, 0.2) is 23.0 Å². The van der Waals surface area contributed by atoms with E-state index in [0.29, 0.717) is 36.7 Å². The molecular weight excluding hydrogens is 540 g/mol. The molecule has 1 fully saturated rings. The first-order valence-corrected chi connectivity index (χ1v) is 13.6. The minimum Gasteiger partial charge on any atom is -0.710 e. The lowest BCUT2D eigenvalue weighted by atomic mass is 10.0. The lowest BCUT2D eigenvalue weighted by molar-refractivity contribution is -0.569. The van der Waals surface area contributed by atoms with Gasteiger partial charge in [0.25, 0.3) is 0 Å². The number of rotatable bonds is 5. The highest BCUT2D eigenvalue weighted by atomic mass is 35.5. The zero-order valence-electron chi connectivity index (χ0n) is 22.9. The molecule has 0 spiro atoms. The number of anilines is 1. The van der Waals surface area contributed by atoms with Crippen LogP contribution >= 0.6 is 11.6 Å². The molecule has 4 heterocycles. The molecule has 1 aliphatic rings. The second-order valence-corrected chi connectivity index (χ2v) is 11.0. The van der Waals surface area contributed by atoms with Crippen LogP contribution in [-0.2, 0) is 0 Å². The lowest BCUT2D eigenvalue weighted by Crippen LogP contribution is -2.51. The predicted molar refractivity (Wildman–Crippen MR) is 150 cm³/mol. The first-order chi connectivity index (χ1) is 19.0. The maximum Gasteiger partial charge on any atom is 0.442 e. The fourth-order valence-electron chi connectivity index (χ4n) is 5.24. The summed E-state index contributed by atoms with van der Waals surface area (Å²) in [6.45, 7) is 11.3. The smallest absolute Gasteiger partial charge is 0.442 e. The van der Waals surface area contributed by atoms with Crippen LogP contribution in [0.2, 0.25) is 5.02 Å². The van der Waals surface area contributed by atoms with E-state index in [-0.39, 0.29) is 44.5 Å². The molecule has 1 atom stereocenters. The Morgan fingerprint density at radius 1 is 1.12 bits per heavy atom. The summed E-state index contributed by atoms with van der Waals surface area (Å²) in [5.41, 5.74) is -0.670. The number of fused-ring (bicyclic) bond motifs is 1. The third kappa shape index (κ3) is 4.56. The second kappa shape index (κ2) is 10.7. The molecule has 5 rings (SSSR count). The lowest BCUT2D eigenvalue weighted by Gasteiger charge is -2.35. The zero-order valence-corrected chi connectivity index (χ0v) is 23.6. The number of benzene rings is 1. The summed E-state index contributed by atoms with van der Waals surface area (Å²) in [4.78, 5) is 29.1. The Morgan fingerprint density at radius 2 is 1.80 bits per heavy atom. The molecule has 1 aliphatic heterocycles. The van der Waals surface area contributed by atoms with Gasteiger partial charge in [0.2, 0.25) is 0 Å². The van der Waals surface area contributed by atoms with Gasteiger partial charge in [-0.25, -0.2) is 28.3 Å². The van der Waals surface area contributed by atoms with Crippen LogP contribution in [0.1, 0.15) is 57.8 Å². The molecule has 40 heavy (non-hydrogen) atoms. The van der Waals surface area contributed by atoms with Crippen LogP contribution in [0.15, 0.2) is 35.4 Å². The quantitative estimate of drug-likeness (QED) is 0.280. The summed E-state index contributed by atoms with van der Waals surface area (Å²) < 4.78 is 32.3. The van der Waals surface area contributed by atoms with E-state index >= 15 is 8.78 Å². The summed E-state index contributed by atoms with van der Waals surface area (Å²) in [6.07, 6.45) is 1.42. The number of halogens is 3. The van der Waals surface area contributed by atoms with Gasteiger partial charge in [-0.3, -0.25) is 0 Å². The first-order valence-electron chi connectivity index (χ1n) is 13.2.